The van der Waals surface area contributed by atoms with Gasteiger partial charge in [0.25, 0.3) is 5.89 Å². The summed E-state index contributed by atoms with van der Waals surface area (Å²) in [5, 5.41) is 8.21. The van der Waals surface area contributed by atoms with Crippen molar-refractivity contribution in [3.8, 4) is 11.5 Å². The topological polar surface area (TPSA) is 91.5 Å². The van der Waals surface area contributed by atoms with Crippen molar-refractivity contribution in [1.29, 1.82) is 0 Å². The van der Waals surface area contributed by atoms with Gasteiger partial charge in [-0.05, 0) is 31.2 Å². The molecule has 2 rings (SSSR count). The Hall–Kier alpha value is -2.67. The van der Waals surface area contributed by atoms with E-state index in [1.54, 1.807) is 31.2 Å². The van der Waals surface area contributed by atoms with Crippen LogP contribution < -0.4 is 0 Å². The van der Waals surface area contributed by atoms with Gasteiger partial charge in [-0.15, -0.1) is 10.2 Å². The SMILES string of the molecule is CCOC(=O)/C=C/C(=O)OCc1nnc(-c2ccc(Cl)cc2)o1. The zero-order valence-corrected chi connectivity index (χ0v) is 12.9. The number of ether oxygens (including phenoxy) is 2. The van der Waals surface area contributed by atoms with Crippen LogP contribution in [0.25, 0.3) is 11.5 Å². The van der Waals surface area contributed by atoms with Gasteiger partial charge in [0.1, 0.15) is 0 Å². The van der Waals surface area contributed by atoms with E-state index in [0.29, 0.717) is 10.6 Å². The second-order valence-corrected chi connectivity index (χ2v) is 4.64. The maximum Gasteiger partial charge on any atom is 0.331 e. The summed E-state index contributed by atoms with van der Waals surface area (Å²) in [7, 11) is 0. The van der Waals surface area contributed by atoms with Crippen LogP contribution in [0.15, 0.2) is 40.8 Å². The molecule has 0 radical (unpaired) electrons. The third kappa shape index (κ3) is 5.23. The standard InChI is InChI=1S/C15H13ClN2O5/c1-2-21-13(19)7-8-14(20)22-9-12-17-18-15(23-12)10-3-5-11(16)6-4-10/h3-8H,2,9H2,1H3/b8-7+. The fourth-order valence-corrected chi connectivity index (χ4v) is 1.65. The van der Waals surface area contributed by atoms with Gasteiger partial charge in [-0.1, -0.05) is 11.6 Å². The van der Waals surface area contributed by atoms with Gasteiger partial charge in [0.2, 0.25) is 5.89 Å². The van der Waals surface area contributed by atoms with Crippen molar-refractivity contribution in [2.45, 2.75) is 13.5 Å². The first-order valence-corrected chi connectivity index (χ1v) is 7.06. The highest BCUT2D eigenvalue weighted by atomic mass is 35.5. The number of hydrogen-bond donors (Lipinski definition) is 0. The average Bonchev–Trinajstić information content (AvgIpc) is 3.01. The van der Waals surface area contributed by atoms with E-state index in [4.69, 9.17) is 20.8 Å². The molecule has 0 bridgehead atoms. The van der Waals surface area contributed by atoms with Crippen LogP contribution in [0.1, 0.15) is 12.8 Å². The molecule has 2 aromatic rings. The highest BCUT2D eigenvalue weighted by molar-refractivity contribution is 6.30. The molecule has 0 spiro atoms. The van der Waals surface area contributed by atoms with Crippen molar-refractivity contribution in [2.24, 2.45) is 0 Å². The third-order valence-corrected chi connectivity index (χ3v) is 2.79. The average molecular weight is 337 g/mol. The number of carbonyl (C=O) groups is 2. The zero-order chi connectivity index (χ0) is 16.7. The predicted molar refractivity (Wildman–Crippen MR) is 80.3 cm³/mol. The summed E-state index contributed by atoms with van der Waals surface area (Å²) in [4.78, 5) is 22.5. The summed E-state index contributed by atoms with van der Waals surface area (Å²) in [6.45, 7) is 1.69. The Labute approximate surface area is 136 Å². The second kappa shape index (κ2) is 8.09. The number of nitrogens with zero attached hydrogens (tertiary/aromatic N) is 2. The van der Waals surface area contributed by atoms with Gasteiger partial charge in [-0.2, -0.15) is 0 Å². The van der Waals surface area contributed by atoms with Gasteiger partial charge in [-0.25, -0.2) is 9.59 Å². The van der Waals surface area contributed by atoms with Crippen molar-refractivity contribution < 1.29 is 23.5 Å². The van der Waals surface area contributed by atoms with Crippen molar-refractivity contribution in [3.63, 3.8) is 0 Å². The number of esters is 2. The molecule has 0 atom stereocenters. The van der Waals surface area contributed by atoms with Crippen molar-refractivity contribution in [1.82, 2.24) is 10.2 Å². The molecule has 0 amide bonds. The first-order valence-electron chi connectivity index (χ1n) is 6.68. The summed E-state index contributed by atoms with van der Waals surface area (Å²) in [6.07, 6.45) is 1.95. The van der Waals surface area contributed by atoms with Gasteiger partial charge in [0.15, 0.2) is 6.61 Å². The van der Waals surface area contributed by atoms with E-state index in [0.717, 1.165) is 12.2 Å². The third-order valence-electron chi connectivity index (χ3n) is 2.54. The van der Waals surface area contributed by atoms with Gasteiger partial charge in [0.05, 0.1) is 6.61 Å². The van der Waals surface area contributed by atoms with E-state index >= 15 is 0 Å². The number of halogens is 1. The molecule has 1 heterocycles. The van der Waals surface area contributed by atoms with E-state index in [9.17, 15) is 9.59 Å². The van der Waals surface area contributed by atoms with E-state index in [1.807, 2.05) is 0 Å². The Morgan fingerprint density at radius 1 is 1.13 bits per heavy atom. The number of carbonyl (C=O) groups excluding carboxylic acids is 2. The van der Waals surface area contributed by atoms with Crippen LogP contribution in [0.5, 0.6) is 0 Å². The maximum absolute atomic E-state index is 11.4. The molecule has 0 saturated heterocycles. The minimum atomic E-state index is -0.718. The molecule has 7 nitrogen and oxygen atoms in total. The van der Waals surface area contributed by atoms with Crippen molar-refractivity contribution >= 4 is 23.5 Å². The molecule has 0 aliphatic rings. The van der Waals surface area contributed by atoms with Gasteiger partial charge in [0, 0.05) is 22.7 Å². The van der Waals surface area contributed by atoms with E-state index in [2.05, 4.69) is 14.9 Å². The van der Waals surface area contributed by atoms with Gasteiger partial charge >= 0.3 is 11.9 Å². The Morgan fingerprint density at radius 2 is 1.78 bits per heavy atom. The number of benzene rings is 1. The van der Waals surface area contributed by atoms with Crippen LogP contribution >= 0.6 is 11.6 Å². The van der Waals surface area contributed by atoms with Crippen LogP contribution in [0.4, 0.5) is 0 Å². The number of hydrogen-bond acceptors (Lipinski definition) is 7. The smallest absolute Gasteiger partial charge is 0.331 e. The molecule has 8 heteroatoms. The van der Waals surface area contributed by atoms with E-state index < -0.39 is 11.9 Å². The molecular weight excluding hydrogens is 324 g/mol. The summed E-state index contributed by atoms with van der Waals surface area (Å²) >= 11 is 5.80. The Morgan fingerprint density at radius 3 is 2.43 bits per heavy atom. The maximum atomic E-state index is 11.4. The Kier molecular flexibility index (Phi) is 5.87. The lowest BCUT2D eigenvalue weighted by Crippen LogP contribution is -2.04. The van der Waals surface area contributed by atoms with Crippen molar-refractivity contribution in [3.05, 3.63) is 47.3 Å². The Balaban J connectivity index is 1.88. The van der Waals surface area contributed by atoms with Gasteiger partial charge in [-0.3, -0.25) is 0 Å². The van der Waals surface area contributed by atoms with Crippen LogP contribution in [0.2, 0.25) is 5.02 Å². The van der Waals surface area contributed by atoms with Gasteiger partial charge < -0.3 is 13.9 Å². The van der Waals surface area contributed by atoms with E-state index in [1.165, 1.54) is 0 Å². The summed E-state index contributed by atoms with van der Waals surface area (Å²) < 4.78 is 14.9. The quantitative estimate of drug-likeness (QED) is 0.591. The van der Waals surface area contributed by atoms with Crippen molar-refractivity contribution in [2.75, 3.05) is 6.61 Å². The lowest BCUT2D eigenvalue weighted by atomic mass is 10.2. The molecule has 0 unspecified atom stereocenters. The zero-order valence-electron chi connectivity index (χ0n) is 12.2. The van der Waals surface area contributed by atoms with Crippen LogP contribution in [0.3, 0.4) is 0 Å². The molecular formula is C15H13ClN2O5. The minimum Gasteiger partial charge on any atom is -0.463 e. The number of aromatic nitrogens is 2. The predicted octanol–water partition coefficient (Wildman–Crippen LogP) is 2.55. The first kappa shape index (κ1) is 16.7. The molecule has 0 fully saturated rings. The monoisotopic (exact) mass is 336 g/mol. The number of rotatable bonds is 6. The molecule has 0 aliphatic carbocycles. The van der Waals surface area contributed by atoms with Crippen LogP contribution in [-0.2, 0) is 25.7 Å². The highest BCUT2D eigenvalue weighted by Crippen LogP contribution is 2.20. The summed E-state index contributed by atoms with van der Waals surface area (Å²) in [5.74, 6) is -0.917. The molecule has 0 aliphatic heterocycles. The molecule has 1 aromatic heterocycles. The normalized spacial score (nSPS) is 10.7. The van der Waals surface area contributed by atoms with Crippen LogP contribution in [0, 0.1) is 0 Å². The fourth-order valence-electron chi connectivity index (χ4n) is 1.53. The molecule has 0 N–H and O–H groups in total. The Bertz CT molecular complexity index is 709. The lowest BCUT2D eigenvalue weighted by Gasteiger charge is -1.98. The minimum absolute atomic E-state index is 0.132. The molecule has 1 aromatic carbocycles. The van der Waals surface area contributed by atoms with E-state index in [-0.39, 0.29) is 25.0 Å². The first-order chi connectivity index (χ1) is 11.1. The largest absolute Gasteiger partial charge is 0.463 e. The van der Waals surface area contributed by atoms with Crippen LogP contribution in [-0.4, -0.2) is 28.7 Å². The molecule has 120 valence electrons. The summed E-state index contributed by atoms with van der Waals surface area (Å²) in [5.41, 5.74) is 0.696. The molecule has 0 saturated carbocycles. The summed E-state index contributed by atoms with van der Waals surface area (Å²) in [6, 6.07) is 6.85. The lowest BCUT2D eigenvalue weighted by molar-refractivity contribution is -0.141. The fraction of sp³-hybridized carbons (Fsp3) is 0.200. The molecule has 23 heavy (non-hydrogen) atoms. The second-order valence-electron chi connectivity index (χ2n) is 4.20. The highest BCUT2D eigenvalue weighted by Gasteiger charge is 2.10.